The molecule has 0 saturated heterocycles. The van der Waals surface area contributed by atoms with E-state index in [0.717, 1.165) is 68.8 Å². The molecule has 43 heavy (non-hydrogen) atoms. The Balaban J connectivity index is 1.31. The number of rotatable bonds is 6. The summed E-state index contributed by atoms with van der Waals surface area (Å²) in [6.07, 6.45) is 9.24. The van der Waals surface area contributed by atoms with Crippen LogP contribution in [0.3, 0.4) is 0 Å². The van der Waals surface area contributed by atoms with Gasteiger partial charge in [0.25, 0.3) is 0 Å². The predicted octanol–water partition coefficient (Wildman–Crippen LogP) is 7.88. The molecule has 0 aliphatic carbocycles. The Bertz CT molecular complexity index is 1960. The fourth-order valence-electron chi connectivity index (χ4n) is 6.60. The smallest absolute Gasteiger partial charge is 0.140 e. The molecule has 0 bridgehead atoms. The van der Waals surface area contributed by atoms with Gasteiger partial charge in [0.05, 0.1) is 12.8 Å². The van der Waals surface area contributed by atoms with E-state index in [9.17, 15) is 0 Å². The van der Waals surface area contributed by atoms with E-state index in [4.69, 9.17) is 14.8 Å². The molecule has 4 heterocycles. The van der Waals surface area contributed by atoms with Crippen molar-refractivity contribution in [3.63, 3.8) is 0 Å². The van der Waals surface area contributed by atoms with E-state index >= 15 is 0 Å². The lowest BCUT2D eigenvalue weighted by atomic mass is 9.77. The van der Waals surface area contributed by atoms with Crippen LogP contribution in [0.15, 0.2) is 140 Å². The number of hydrogen-bond acceptors (Lipinski definition) is 3. The van der Waals surface area contributed by atoms with Crippen LogP contribution in [0.1, 0.15) is 22.3 Å². The summed E-state index contributed by atoms with van der Waals surface area (Å²) in [5.41, 5.74) is 9.35. The first-order valence-electron chi connectivity index (χ1n) is 14.6. The Labute approximate surface area is 250 Å². The van der Waals surface area contributed by atoms with E-state index < -0.39 is 5.54 Å². The fourth-order valence-corrected chi connectivity index (χ4v) is 6.60. The standard InChI is InChI=1S/C38H30N4O/c1-41-26-35(34-22-29(23-39-37(34)41)27-17-18-36-28(21-27)19-20-43-36)30-24-40-42(25-30)38(31-11-5-2-6-12-31,32-13-7-3-8-14-32)33-15-9-4-10-16-33/h2-18,21-26H,19-20H2,1H3. The molecule has 0 amide bonds. The van der Waals surface area contributed by atoms with Crippen LogP contribution < -0.4 is 4.74 Å². The van der Waals surface area contributed by atoms with Gasteiger partial charge in [-0.3, -0.25) is 4.68 Å². The molecule has 1 aliphatic rings. The molecule has 1 aliphatic heterocycles. The molecular weight excluding hydrogens is 528 g/mol. The molecule has 5 nitrogen and oxygen atoms in total. The highest BCUT2D eigenvalue weighted by atomic mass is 16.5. The van der Waals surface area contributed by atoms with Crippen molar-refractivity contribution in [1.82, 2.24) is 19.3 Å². The van der Waals surface area contributed by atoms with Crippen LogP contribution in [0.2, 0.25) is 0 Å². The summed E-state index contributed by atoms with van der Waals surface area (Å²) < 4.78 is 9.96. The Kier molecular flexibility index (Phi) is 5.97. The van der Waals surface area contributed by atoms with Crippen LogP contribution in [-0.2, 0) is 19.0 Å². The Morgan fingerprint density at radius 1 is 0.674 bits per heavy atom. The van der Waals surface area contributed by atoms with Crippen molar-refractivity contribution in [3.8, 4) is 28.0 Å². The molecule has 0 saturated carbocycles. The summed E-state index contributed by atoms with van der Waals surface area (Å²) in [5.74, 6) is 0.990. The SMILES string of the molecule is Cn1cc(-c2cnn(C(c3ccccc3)(c3ccccc3)c3ccccc3)c2)c2cc(-c3ccc4c(c3)CCO4)cnc21. The van der Waals surface area contributed by atoms with Crippen molar-refractivity contribution in [3.05, 3.63) is 162 Å². The van der Waals surface area contributed by atoms with Crippen molar-refractivity contribution in [2.45, 2.75) is 12.0 Å². The zero-order chi connectivity index (χ0) is 28.8. The van der Waals surface area contributed by atoms with Gasteiger partial charge in [0.15, 0.2) is 0 Å². The molecule has 0 N–H and O–H groups in total. The van der Waals surface area contributed by atoms with E-state index in [1.165, 1.54) is 5.56 Å². The molecule has 7 aromatic rings. The number of aryl methyl sites for hydroxylation is 1. The number of fused-ring (bicyclic) bond motifs is 2. The monoisotopic (exact) mass is 558 g/mol. The molecule has 0 fully saturated rings. The molecular formula is C38H30N4O. The van der Waals surface area contributed by atoms with Gasteiger partial charge in [-0.2, -0.15) is 5.10 Å². The summed E-state index contributed by atoms with van der Waals surface area (Å²) in [6.45, 7) is 0.749. The average molecular weight is 559 g/mol. The number of aromatic nitrogens is 4. The number of hydrogen-bond donors (Lipinski definition) is 0. The van der Waals surface area contributed by atoms with Crippen molar-refractivity contribution in [2.24, 2.45) is 7.05 Å². The van der Waals surface area contributed by atoms with Crippen molar-refractivity contribution in [2.75, 3.05) is 6.61 Å². The molecule has 5 heteroatoms. The third kappa shape index (κ3) is 4.08. The topological polar surface area (TPSA) is 44.9 Å². The molecule has 0 spiro atoms. The second-order valence-corrected chi connectivity index (χ2v) is 11.2. The first-order chi connectivity index (χ1) is 21.2. The lowest BCUT2D eigenvalue weighted by molar-refractivity contribution is 0.357. The maximum absolute atomic E-state index is 5.74. The fraction of sp³-hybridized carbons (Fsp3) is 0.105. The second-order valence-electron chi connectivity index (χ2n) is 11.2. The van der Waals surface area contributed by atoms with E-state index in [1.54, 1.807) is 0 Å². The highest BCUT2D eigenvalue weighted by Gasteiger charge is 2.39. The van der Waals surface area contributed by atoms with Gasteiger partial charge < -0.3 is 9.30 Å². The van der Waals surface area contributed by atoms with Crippen LogP contribution in [0.4, 0.5) is 0 Å². The lowest BCUT2D eigenvalue weighted by Crippen LogP contribution is -2.38. The van der Waals surface area contributed by atoms with Gasteiger partial charge in [0, 0.05) is 54.1 Å². The Morgan fingerprint density at radius 3 is 1.98 bits per heavy atom. The van der Waals surface area contributed by atoms with Crippen LogP contribution >= 0.6 is 0 Å². The molecule has 208 valence electrons. The van der Waals surface area contributed by atoms with Crippen molar-refractivity contribution >= 4 is 11.0 Å². The molecule has 4 aromatic carbocycles. The third-order valence-corrected chi connectivity index (χ3v) is 8.65. The van der Waals surface area contributed by atoms with Crippen LogP contribution in [0.5, 0.6) is 5.75 Å². The summed E-state index contributed by atoms with van der Waals surface area (Å²) in [6, 6.07) is 40.6. The minimum Gasteiger partial charge on any atom is -0.493 e. The number of nitrogens with zero attached hydrogens (tertiary/aromatic N) is 4. The maximum atomic E-state index is 5.74. The van der Waals surface area contributed by atoms with E-state index in [2.05, 4.69) is 144 Å². The molecule has 8 rings (SSSR count). The van der Waals surface area contributed by atoms with E-state index in [1.807, 2.05) is 12.4 Å². The predicted molar refractivity (Wildman–Crippen MR) is 171 cm³/mol. The quantitative estimate of drug-likeness (QED) is 0.195. The minimum atomic E-state index is -0.664. The van der Waals surface area contributed by atoms with Gasteiger partial charge >= 0.3 is 0 Å². The molecule has 0 atom stereocenters. The first kappa shape index (κ1) is 25.3. The van der Waals surface area contributed by atoms with E-state index in [0.29, 0.717) is 0 Å². The van der Waals surface area contributed by atoms with Crippen LogP contribution in [0, 0.1) is 0 Å². The Morgan fingerprint density at radius 2 is 1.33 bits per heavy atom. The summed E-state index contributed by atoms with van der Waals surface area (Å²) in [4.78, 5) is 4.90. The number of ether oxygens (including phenoxy) is 1. The van der Waals surface area contributed by atoms with Crippen LogP contribution in [0.25, 0.3) is 33.3 Å². The summed E-state index contributed by atoms with van der Waals surface area (Å²) >= 11 is 0. The Hall–Kier alpha value is -5.42. The summed E-state index contributed by atoms with van der Waals surface area (Å²) in [7, 11) is 2.05. The van der Waals surface area contributed by atoms with Gasteiger partial charge in [0.1, 0.15) is 16.9 Å². The highest BCUT2D eigenvalue weighted by Crippen LogP contribution is 2.42. The second kappa shape index (κ2) is 10.1. The van der Waals surface area contributed by atoms with Crippen molar-refractivity contribution < 1.29 is 4.74 Å². The van der Waals surface area contributed by atoms with Gasteiger partial charge in [-0.1, -0.05) is 97.1 Å². The van der Waals surface area contributed by atoms with Crippen LogP contribution in [-0.4, -0.2) is 25.9 Å². The largest absolute Gasteiger partial charge is 0.493 e. The highest BCUT2D eigenvalue weighted by molar-refractivity contribution is 5.96. The first-order valence-corrected chi connectivity index (χ1v) is 14.6. The van der Waals surface area contributed by atoms with Gasteiger partial charge in [0.2, 0.25) is 0 Å². The maximum Gasteiger partial charge on any atom is 0.140 e. The zero-order valence-corrected chi connectivity index (χ0v) is 23.9. The number of benzene rings is 4. The van der Waals surface area contributed by atoms with Gasteiger partial charge in [-0.25, -0.2) is 4.98 Å². The molecule has 0 unspecified atom stereocenters. The average Bonchev–Trinajstić information content (AvgIpc) is 3.82. The minimum absolute atomic E-state index is 0.664. The normalized spacial score (nSPS) is 12.8. The number of pyridine rings is 1. The summed E-state index contributed by atoms with van der Waals surface area (Å²) in [5, 5.41) is 6.20. The van der Waals surface area contributed by atoms with Gasteiger partial charge in [-0.15, -0.1) is 0 Å². The van der Waals surface area contributed by atoms with Crippen molar-refractivity contribution in [1.29, 1.82) is 0 Å². The lowest BCUT2D eigenvalue weighted by Gasteiger charge is -2.36. The van der Waals surface area contributed by atoms with Gasteiger partial charge in [-0.05, 0) is 46.0 Å². The van der Waals surface area contributed by atoms with E-state index in [-0.39, 0.29) is 0 Å². The zero-order valence-electron chi connectivity index (χ0n) is 23.9. The molecule has 0 radical (unpaired) electrons. The third-order valence-electron chi connectivity index (χ3n) is 8.65. The molecule has 3 aromatic heterocycles.